The molecule has 0 aromatic carbocycles. The Kier molecular flexibility index (Phi) is 9.45. The molecule has 1 aliphatic heterocycles. The minimum absolute atomic E-state index is 0.00814. The molecule has 0 radical (unpaired) electrons. The Balaban J connectivity index is 2.08. The molecule has 3 nitrogen and oxygen atoms in total. The molecule has 128 valence electrons. The Morgan fingerprint density at radius 1 is 1.14 bits per heavy atom. The molecule has 22 heavy (non-hydrogen) atoms. The van der Waals surface area contributed by atoms with Crippen molar-refractivity contribution >= 4 is 5.97 Å². The third-order valence-corrected chi connectivity index (χ3v) is 4.84. The topological polar surface area (TPSA) is 42.9 Å². The minimum atomic E-state index is -0.296. The van der Waals surface area contributed by atoms with Crippen molar-refractivity contribution < 1.29 is 14.8 Å². The van der Waals surface area contributed by atoms with E-state index in [1.54, 1.807) is 0 Å². The van der Waals surface area contributed by atoms with Crippen molar-refractivity contribution in [3.05, 3.63) is 12.7 Å². The predicted octanol–water partition coefficient (Wildman–Crippen LogP) is 3.59. The summed E-state index contributed by atoms with van der Waals surface area (Å²) in [6, 6.07) is 0. The molecule has 0 atom stereocenters. The molecule has 0 aliphatic carbocycles. The van der Waals surface area contributed by atoms with E-state index in [0.717, 1.165) is 45.2 Å². The van der Waals surface area contributed by atoms with Gasteiger partial charge in [0.05, 0.1) is 13.1 Å². The summed E-state index contributed by atoms with van der Waals surface area (Å²) in [6.07, 6.45) is 13.1. The van der Waals surface area contributed by atoms with E-state index in [1.807, 2.05) is 6.08 Å². The number of hydrogen-bond acceptors (Lipinski definition) is 2. The number of nitrogens with two attached hydrogens (primary N) is 1. The number of carbonyl (C=O) groups excluding carboxylic acids is 1. The van der Waals surface area contributed by atoms with E-state index in [-0.39, 0.29) is 11.6 Å². The Morgan fingerprint density at radius 3 is 2.36 bits per heavy atom. The number of hydrogen-bond donors (Lipinski definition) is 1. The van der Waals surface area contributed by atoms with Gasteiger partial charge in [0.2, 0.25) is 0 Å². The number of piperidine rings is 1. The van der Waals surface area contributed by atoms with Gasteiger partial charge in [0.15, 0.2) is 0 Å². The molecule has 1 rings (SSSR count). The smallest absolute Gasteiger partial charge is 0.306 e. The van der Waals surface area contributed by atoms with E-state index < -0.39 is 0 Å². The maximum Gasteiger partial charge on any atom is 0.306 e. The molecule has 1 heterocycles. The maximum atomic E-state index is 12.0. The van der Waals surface area contributed by atoms with Crippen molar-refractivity contribution in [3.63, 3.8) is 0 Å². The molecule has 0 spiro atoms. The fourth-order valence-corrected chi connectivity index (χ4v) is 3.31. The number of allylic oxidation sites excluding steroid dienone is 1. The van der Waals surface area contributed by atoms with Crippen LogP contribution >= 0.6 is 0 Å². The van der Waals surface area contributed by atoms with Gasteiger partial charge in [0, 0.05) is 25.2 Å². The number of unbranched alkanes of at least 4 members (excludes halogenated alkanes) is 6. The lowest BCUT2D eigenvalue weighted by atomic mass is 9.83. The van der Waals surface area contributed by atoms with E-state index >= 15 is 0 Å². The summed E-state index contributed by atoms with van der Waals surface area (Å²) >= 11 is 0. The number of carbonyl (C=O) groups is 1. The van der Waals surface area contributed by atoms with Crippen LogP contribution in [0.5, 0.6) is 0 Å². The van der Waals surface area contributed by atoms with Crippen LogP contribution in [-0.4, -0.2) is 24.7 Å². The summed E-state index contributed by atoms with van der Waals surface area (Å²) < 4.78 is 5.77. The molecule has 3 heteroatoms. The van der Waals surface area contributed by atoms with Crippen molar-refractivity contribution in [2.45, 2.75) is 83.7 Å². The molecular weight excluding hydrogens is 274 g/mol. The molecule has 1 saturated heterocycles. The third kappa shape index (κ3) is 7.98. The van der Waals surface area contributed by atoms with Crippen LogP contribution in [0.3, 0.4) is 0 Å². The molecular formula is C19H36NO2+. The summed E-state index contributed by atoms with van der Waals surface area (Å²) in [7, 11) is 0. The first kappa shape index (κ1) is 19.2. The first-order chi connectivity index (χ1) is 10.6. The quantitative estimate of drug-likeness (QED) is 0.360. The number of esters is 1. The highest BCUT2D eigenvalue weighted by atomic mass is 16.6. The second kappa shape index (κ2) is 10.8. The van der Waals surface area contributed by atoms with Gasteiger partial charge in [-0.15, -0.1) is 6.58 Å². The first-order valence-corrected chi connectivity index (χ1v) is 9.20. The average molecular weight is 311 g/mol. The highest BCUT2D eigenvalue weighted by Gasteiger charge is 2.35. The van der Waals surface area contributed by atoms with Crippen molar-refractivity contribution in [1.29, 1.82) is 0 Å². The average Bonchev–Trinajstić information content (AvgIpc) is 2.50. The van der Waals surface area contributed by atoms with Crippen LogP contribution in [0, 0.1) is 5.92 Å². The standard InChI is InChI=1S/C19H35NO2/c1-4-5-6-7-8-9-10-11-12-18(21)22-19(2,3)17-13-15-20-16-14-17/h4,17,20H,1,5-16H2,2-3H3/p+1. The molecule has 2 N–H and O–H groups in total. The van der Waals surface area contributed by atoms with E-state index in [9.17, 15) is 4.79 Å². The van der Waals surface area contributed by atoms with Gasteiger partial charge in [-0.3, -0.25) is 4.79 Å². The summed E-state index contributed by atoms with van der Waals surface area (Å²) in [6.45, 7) is 10.2. The summed E-state index contributed by atoms with van der Waals surface area (Å²) in [5, 5.41) is 2.35. The van der Waals surface area contributed by atoms with Crippen molar-refractivity contribution in [2.24, 2.45) is 5.92 Å². The van der Waals surface area contributed by atoms with E-state index in [0.29, 0.717) is 12.3 Å². The van der Waals surface area contributed by atoms with Crippen LogP contribution in [0.2, 0.25) is 0 Å². The predicted molar refractivity (Wildman–Crippen MR) is 91.7 cm³/mol. The zero-order valence-corrected chi connectivity index (χ0v) is 14.7. The summed E-state index contributed by atoms with van der Waals surface area (Å²) in [4.78, 5) is 12.0. The van der Waals surface area contributed by atoms with Crippen LogP contribution in [0.25, 0.3) is 0 Å². The molecule has 1 fully saturated rings. The number of ether oxygens (including phenoxy) is 1. The van der Waals surface area contributed by atoms with E-state index in [2.05, 4.69) is 25.7 Å². The van der Waals surface area contributed by atoms with Gasteiger partial charge in [-0.05, 0) is 33.1 Å². The SMILES string of the molecule is C=CCCCCCCCCC(=O)OC(C)(C)C1CC[NH2+]CC1. The van der Waals surface area contributed by atoms with Gasteiger partial charge >= 0.3 is 5.97 Å². The molecule has 0 amide bonds. The van der Waals surface area contributed by atoms with Crippen molar-refractivity contribution in [1.82, 2.24) is 0 Å². The lowest BCUT2D eigenvalue weighted by molar-refractivity contribution is -0.665. The molecule has 0 bridgehead atoms. The summed E-state index contributed by atoms with van der Waals surface area (Å²) in [5.41, 5.74) is -0.296. The normalized spacial score (nSPS) is 16.5. The Hall–Kier alpha value is -0.830. The number of rotatable bonds is 11. The van der Waals surface area contributed by atoms with Crippen LogP contribution in [-0.2, 0) is 9.53 Å². The Morgan fingerprint density at radius 2 is 1.73 bits per heavy atom. The number of quaternary nitrogens is 1. The minimum Gasteiger partial charge on any atom is -0.459 e. The first-order valence-electron chi connectivity index (χ1n) is 9.20. The van der Waals surface area contributed by atoms with Gasteiger partial charge < -0.3 is 10.1 Å². The van der Waals surface area contributed by atoms with Crippen molar-refractivity contribution in [2.75, 3.05) is 13.1 Å². The Bertz CT molecular complexity index is 319. The fraction of sp³-hybridized carbons (Fsp3) is 0.842. The largest absolute Gasteiger partial charge is 0.459 e. The highest BCUT2D eigenvalue weighted by molar-refractivity contribution is 5.69. The zero-order valence-electron chi connectivity index (χ0n) is 14.7. The second-order valence-corrected chi connectivity index (χ2v) is 7.17. The lowest BCUT2D eigenvalue weighted by Gasteiger charge is -2.35. The lowest BCUT2D eigenvalue weighted by Crippen LogP contribution is -2.86. The summed E-state index contributed by atoms with van der Waals surface area (Å²) in [5.74, 6) is 0.512. The van der Waals surface area contributed by atoms with E-state index in [4.69, 9.17) is 4.74 Å². The second-order valence-electron chi connectivity index (χ2n) is 7.17. The highest BCUT2D eigenvalue weighted by Crippen LogP contribution is 2.28. The van der Waals surface area contributed by atoms with Crippen LogP contribution in [0.1, 0.15) is 78.1 Å². The van der Waals surface area contributed by atoms with Gasteiger partial charge in [-0.1, -0.05) is 31.8 Å². The fourth-order valence-electron chi connectivity index (χ4n) is 3.31. The molecule has 0 unspecified atom stereocenters. The third-order valence-electron chi connectivity index (χ3n) is 4.84. The van der Waals surface area contributed by atoms with Crippen molar-refractivity contribution in [3.8, 4) is 0 Å². The van der Waals surface area contributed by atoms with Gasteiger partial charge in [-0.2, -0.15) is 0 Å². The van der Waals surface area contributed by atoms with Gasteiger partial charge in [0.1, 0.15) is 5.60 Å². The zero-order chi connectivity index (χ0) is 16.3. The van der Waals surface area contributed by atoms with E-state index in [1.165, 1.54) is 25.7 Å². The maximum absolute atomic E-state index is 12.0. The monoisotopic (exact) mass is 310 g/mol. The van der Waals surface area contributed by atoms with Crippen LogP contribution in [0.15, 0.2) is 12.7 Å². The molecule has 0 aromatic rings. The molecule has 1 aliphatic rings. The van der Waals surface area contributed by atoms with Crippen LogP contribution in [0.4, 0.5) is 0 Å². The van der Waals surface area contributed by atoms with Crippen LogP contribution < -0.4 is 5.32 Å². The van der Waals surface area contributed by atoms with Gasteiger partial charge in [0.25, 0.3) is 0 Å². The Labute approximate surface area is 136 Å². The molecule has 0 saturated carbocycles. The van der Waals surface area contributed by atoms with Gasteiger partial charge in [-0.25, -0.2) is 0 Å². The molecule has 0 aromatic heterocycles.